The van der Waals surface area contributed by atoms with Gasteiger partial charge in [-0.25, -0.2) is 0 Å². The highest BCUT2D eigenvalue weighted by atomic mass is 28.4. The Hall–Kier alpha value is -3.17. The minimum Gasteiger partial charge on any atom is -0.497 e. The fourth-order valence-electron chi connectivity index (χ4n) is 4.55. The summed E-state index contributed by atoms with van der Waals surface area (Å²) in [5.41, 5.74) is 2.88. The molecule has 0 radical (unpaired) electrons. The molecule has 3 aromatic carbocycles. The second kappa shape index (κ2) is 17.3. The number of nitrogens with one attached hydrogen (secondary N) is 1. The second-order valence-corrected chi connectivity index (χ2v) is 17.4. The lowest BCUT2D eigenvalue weighted by molar-refractivity contribution is -0.125. The molecule has 0 saturated carbocycles. The minimum atomic E-state index is -1.87. The molecule has 1 N–H and O–H groups in total. The highest BCUT2D eigenvalue weighted by molar-refractivity contribution is 6.74. The summed E-state index contributed by atoms with van der Waals surface area (Å²) in [7, 11) is 1.41. The first kappa shape index (κ1) is 35.3. The first-order chi connectivity index (χ1) is 21.0. The van der Waals surface area contributed by atoms with Crippen LogP contribution in [0.25, 0.3) is 0 Å². The summed E-state index contributed by atoms with van der Waals surface area (Å²) in [6, 6.07) is 25.2. The first-order valence-electron chi connectivity index (χ1n) is 15.4. The van der Waals surface area contributed by atoms with Gasteiger partial charge in [-0.1, -0.05) is 75.4 Å². The van der Waals surface area contributed by atoms with Gasteiger partial charge in [-0.2, -0.15) is 0 Å². The number of ketones is 1. The molecule has 0 heterocycles. The van der Waals surface area contributed by atoms with Crippen molar-refractivity contribution in [2.75, 3.05) is 32.8 Å². The van der Waals surface area contributed by atoms with Gasteiger partial charge >= 0.3 is 0 Å². The zero-order valence-corrected chi connectivity index (χ0v) is 28.6. The predicted molar refractivity (Wildman–Crippen MR) is 180 cm³/mol. The molecular formula is C36H51NO6Si. The molecule has 0 aliphatic rings. The van der Waals surface area contributed by atoms with Crippen LogP contribution in [-0.4, -0.2) is 53.7 Å². The lowest BCUT2D eigenvalue weighted by Gasteiger charge is -2.36. The van der Waals surface area contributed by atoms with Crippen molar-refractivity contribution in [1.82, 2.24) is 0 Å². The zero-order chi connectivity index (χ0) is 32.0. The number of anilines is 1. The summed E-state index contributed by atoms with van der Waals surface area (Å²) in [6.45, 7) is 12.7. The highest BCUT2D eigenvalue weighted by Crippen LogP contribution is 2.36. The van der Waals surface area contributed by atoms with Crippen LogP contribution in [0.2, 0.25) is 18.1 Å². The predicted octanol–water partition coefficient (Wildman–Crippen LogP) is 8.05. The number of ether oxygens (including phenoxy) is 4. The van der Waals surface area contributed by atoms with Crippen LogP contribution in [0, 0.1) is 0 Å². The fourth-order valence-corrected chi connectivity index (χ4v) is 5.64. The molecule has 2 unspecified atom stereocenters. The zero-order valence-electron chi connectivity index (χ0n) is 27.6. The molecule has 7 nitrogen and oxygen atoms in total. The van der Waals surface area contributed by atoms with Gasteiger partial charge in [0.1, 0.15) is 18.1 Å². The average Bonchev–Trinajstić information content (AvgIpc) is 3.01. The molecule has 3 aromatic rings. The third-order valence-electron chi connectivity index (χ3n) is 8.24. The standard InChI is InChI=1S/C36H51NO6Si/c1-36(2,3)44(6,7)43-23-13-18-35(42-26-28-14-9-8-10-15-28)33(37-32-16-11-12-17-34(32)40-5)24-30(38)27-41-25-29-19-21-31(39-4)22-20-29/h8-12,14-17,19-22,33,35,37H,13,18,23-27H2,1-7H3. The SMILES string of the molecule is COc1ccc(COCC(=O)CC(Nc2ccccc2OC)C(CCCO[Si](C)(C)C(C)(C)C)OCc2ccccc2)cc1. The Bertz CT molecular complexity index is 1260. The van der Waals surface area contributed by atoms with Crippen LogP contribution in [0.4, 0.5) is 5.69 Å². The van der Waals surface area contributed by atoms with Gasteiger partial charge in [0.15, 0.2) is 14.1 Å². The Balaban J connectivity index is 1.74. The van der Waals surface area contributed by atoms with Crippen LogP contribution in [-0.2, 0) is 31.9 Å². The smallest absolute Gasteiger partial charge is 0.191 e. The highest BCUT2D eigenvalue weighted by Gasteiger charge is 2.37. The van der Waals surface area contributed by atoms with Gasteiger partial charge in [0.05, 0.1) is 45.3 Å². The lowest BCUT2D eigenvalue weighted by atomic mass is 9.99. The van der Waals surface area contributed by atoms with Crippen LogP contribution in [0.1, 0.15) is 51.2 Å². The van der Waals surface area contributed by atoms with Gasteiger partial charge in [0.2, 0.25) is 0 Å². The number of hydrogen-bond donors (Lipinski definition) is 1. The summed E-state index contributed by atoms with van der Waals surface area (Å²) in [4.78, 5) is 13.3. The van der Waals surface area contributed by atoms with Gasteiger partial charge in [0, 0.05) is 13.0 Å². The molecule has 0 aliphatic carbocycles. The first-order valence-corrected chi connectivity index (χ1v) is 18.3. The monoisotopic (exact) mass is 621 g/mol. The van der Waals surface area contributed by atoms with E-state index >= 15 is 0 Å². The van der Waals surface area contributed by atoms with Crippen molar-refractivity contribution in [1.29, 1.82) is 0 Å². The topological polar surface area (TPSA) is 75.3 Å². The minimum absolute atomic E-state index is 0.00301. The van der Waals surface area contributed by atoms with Crippen molar-refractivity contribution in [3.05, 3.63) is 90.0 Å². The number of carbonyl (C=O) groups is 1. The lowest BCUT2D eigenvalue weighted by Crippen LogP contribution is -2.41. The van der Waals surface area contributed by atoms with Crippen LogP contribution in [0.15, 0.2) is 78.9 Å². The van der Waals surface area contributed by atoms with E-state index in [2.05, 4.69) is 51.3 Å². The van der Waals surface area contributed by atoms with Gasteiger partial charge in [0.25, 0.3) is 0 Å². The molecule has 2 atom stereocenters. The van der Waals surface area contributed by atoms with Crippen LogP contribution >= 0.6 is 0 Å². The van der Waals surface area contributed by atoms with E-state index in [0.717, 1.165) is 35.4 Å². The summed E-state index contributed by atoms with van der Waals surface area (Å²) in [5.74, 6) is 1.49. The molecule has 0 saturated heterocycles. The molecule has 3 rings (SSSR count). The van der Waals surface area contributed by atoms with Crippen molar-refractivity contribution in [2.24, 2.45) is 0 Å². The van der Waals surface area contributed by atoms with Gasteiger partial charge in [-0.15, -0.1) is 0 Å². The molecule has 0 bridgehead atoms. The number of carbonyl (C=O) groups excluding carboxylic acids is 1. The molecule has 0 amide bonds. The van der Waals surface area contributed by atoms with E-state index in [1.54, 1.807) is 14.2 Å². The van der Waals surface area contributed by atoms with Gasteiger partial charge in [-0.05, 0) is 66.4 Å². The maximum atomic E-state index is 13.3. The number of methoxy groups -OCH3 is 2. The Morgan fingerprint density at radius 2 is 1.50 bits per heavy atom. The Labute approximate surface area is 265 Å². The molecule has 8 heteroatoms. The third kappa shape index (κ3) is 11.4. The van der Waals surface area contributed by atoms with E-state index in [4.69, 9.17) is 23.4 Å². The van der Waals surface area contributed by atoms with Crippen molar-refractivity contribution >= 4 is 19.8 Å². The van der Waals surface area contributed by atoms with Crippen LogP contribution in [0.5, 0.6) is 11.5 Å². The summed E-state index contributed by atoms with van der Waals surface area (Å²) in [6.07, 6.45) is 1.53. The van der Waals surface area contributed by atoms with Crippen molar-refractivity contribution < 1.29 is 28.2 Å². The maximum Gasteiger partial charge on any atom is 0.191 e. The second-order valence-electron chi connectivity index (χ2n) is 12.6. The van der Waals surface area contributed by atoms with E-state index in [9.17, 15) is 4.79 Å². The summed E-state index contributed by atoms with van der Waals surface area (Å²) >= 11 is 0. The number of para-hydroxylation sites is 2. The Morgan fingerprint density at radius 1 is 0.841 bits per heavy atom. The van der Waals surface area contributed by atoms with Crippen LogP contribution < -0.4 is 14.8 Å². The fraction of sp³-hybridized carbons (Fsp3) is 0.472. The molecule has 0 aromatic heterocycles. The van der Waals surface area contributed by atoms with Gasteiger partial charge < -0.3 is 28.7 Å². The molecule has 44 heavy (non-hydrogen) atoms. The third-order valence-corrected chi connectivity index (χ3v) is 12.8. The largest absolute Gasteiger partial charge is 0.497 e. The number of benzene rings is 3. The van der Waals surface area contributed by atoms with Crippen LogP contribution in [0.3, 0.4) is 0 Å². The normalized spacial score (nSPS) is 13.2. The van der Waals surface area contributed by atoms with E-state index in [1.807, 2.05) is 66.7 Å². The van der Waals surface area contributed by atoms with E-state index in [0.29, 0.717) is 25.6 Å². The number of rotatable bonds is 19. The molecular weight excluding hydrogens is 570 g/mol. The number of Topliss-reactive ketones (excluding diaryl/α,β-unsaturated/α-hetero) is 1. The van der Waals surface area contributed by atoms with Gasteiger partial charge in [-0.3, -0.25) is 4.79 Å². The quantitative estimate of drug-likeness (QED) is 0.107. The number of hydrogen-bond acceptors (Lipinski definition) is 7. The molecule has 0 spiro atoms. The molecule has 0 aliphatic heterocycles. The molecule has 0 fully saturated rings. The van der Waals surface area contributed by atoms with E-state index in [1.165, 1.54) is 0 Å². The van der Waals surface area contributed by atoms with E-state index in [-0.39, 0.29) is 36.0 Å². The molecule has 240 valence electrons. The summed E-state index contributed by atoms with van der Waals surface area (Å²) in [5, 5.41) is 3.74. The Morgan fingerprint density at radius 3 is 2.16 bits per heavy atom. The van der Waals surface area contributed by atoms with Crippen molar-refractivity contribution in [3.63, 3.8) is 0 Å². The Kier molecular flexibility index (Phi) is 13.9. The maximum absolute atomic E-state index is 13.3. The van der Waals surface area contributed by atoms with E-state index < -0.39 is 8.32 Å². The summed E-state index contributed by atoms with van der Waals surface area (Å²) < 4.78 is 29.7. The van der Waals surface area contributed by atoms with Crippen molar-refractivity contribution in [3.8, 4) is 11.5 Å². The van der Waals surface area contributed by atoms with Crippen molar-refractivity contribution in [2.45, 2.75) is 83.5 Å². The average molecular weight is 622 g/mol.